The second-order valence-corrected chi connectivity index (χ2v) is 8.49. The number of amides is 1. The highest BCUT2D eigenvalue weighted by atomic mass is 35.5. The Kier molecular flexibility index (Phi) is 6.00. The van der Waals surface area contributed by atoms with Gasteiger partial charge in [-0.25, -0.2) is 0 Å². The zero-order valence-corrected chi connectivity index (χ0v) is 17.9. The fraction of sp³-hybridized carbons (Fsp3) is 0.458. The van der Waals surface area contributed by atoms with E-state index in [1.54, 1.807) is 14.2 Å². The molecule has 2 aromatic rings. The molecule has 0 spiro atoms. The highest BCUT2D eigenvalue weighted by Gasteiger charge is 2.34. The van der Waals surface area contributed by atoms with Crippen LogP contribution in [0.1, 0.15) is 54.8 Å². The fourth-order valence-corrected chi connectivity index (χ4v) is 5.03. The number of hydrogen-bond acceptors (Lipinski definition) is 3. The van der Waals surface area contributed by atoms with Crippen molar-refractivity contribution in [1.82, 2.24) is 4.90 Å². The smallest absolute Gasteiger partial charge is 0.223 e. The van der Waals surface area contributed by atoms with E-state index in [1.165, 1.54) is 31.2 Å². The summed E-state index contributed by atoms with van der Waals surface area (Å²) in [5, 5.41) is 0.679. The van der Waals surface area contributed by atoms with Crippen LogP contribution in [0.4, 0.5) is 0 Å². The lowest BCUT2D eigenvalue weighted by atomic mass is 9.87. The quantitative estimate of drug-likeness (QED) is 0.657. The van der Waals surface area contributed by atoms with Crippen LogP contribution in [0.25, 0.3) is 0 Å². The average molecular weight is 414 g/mol. The van der Waals surface area contributed by atoms with Crippen molar-refractivity contribution in [3.05, 3.63) is 58.1 Å². The Morgan fingerprint density at radius 3 is 2.52 bits per heavy atom. The standard InChI is InChI=1S/C24H28ClNO3/c1-28-21-14-17-10-11-26(23(27)12-16-6-3-4-7-16)24(20(17)15-22(21)29-2)18-8-5-9-19(25)13-18/h5,8-9,13-16,24H,3-4,6-7,10-12H2,1-2H3/t24-/m1/s1. The first kappa shape index (κ1) is 20.1. The van der Waals surface area contributed by atoms with Crippen LogP contribution in [0, 0.1) is 5.92 Å². The topological polar surface area (TPSA) is 38.8 Å². The van der Waals surface area contributed by atoms with Gasteiger partial charge in [0.15, 0.2) is 11.5 Å². The predicted octanol–water partition coefficient (Wildman–Crippen LogP) is 5.41. The molecule has 4 rings (SSSR count). The van der Waals surface area contributed by atoms with Gasteiger partial charge in [-0.15, -0.1) is 0 Å². The number of halogens is 1. The third-order valence-electron chi connectivity index (χ3n) is 6.30. The molecule has 1 amide bonds. The Bertz CT molecular complexity index is 892. The Morgan fingerprint density at radius 1 is 1.10 bits per heavy atom. The molecule has 0 unspecified atom stereocenters. The van der Waals surface area contributed by atoms with Crippen molar-refractivity contribution in [3.8, 4) is 11.5 Å². The molecule has 2 aromatic carbocycles. The van der Waals surface area contributed by atoms with Gasteiger partial charge in [0.05, 0.1) is 20.3 Å². The molecule has 0 aromatic heterocycles. The highest BCUT2D eigenvalue weighted by molar-refractivity contribution is 6.30. The third kappa shape index (κ3) is 4.09. The van der Waals surface area contributed by atoms with Gasteiger partial charge in [-0.3, -0.25) is 4.79 Å². The average Bonchev–Trinajstić information content (AvgIpc) is 3.24. The van der Waals surface area contributed by atoms with E-state index in [-0.39, 0.29) is 11.9 Å². The SMILES string of the molecule is COc1cc2c(cc1OC)[C@@H](c1cccc(Cl)c1)N(C(=O)CC1CCCC1)CC2. The maximum Gasteiger partial charge on any atom is 0.223 e. The van der Waals surface area contributed by atoms with Crippen LogP contribution in [-0.4, -0.2) is 31.6 Å². The maximum atomic E-state index is 13.3. The van der Waals surface area contributed by atoms with Crippen molar-refractivity contribution in [2.45, 2.75) is 44.6 Å². The van der Waals surface area contributed by atoms with Gasteiger partial charge in [-0.05, 0) is 66.1 Å². The monoisotopic (exact) mass is 413 g/mol. The molecule has 2 aliphatic rings. The van der Waals surface area contributed by atoms with Crippen molar-refractivity contribution in [2.24, 2.45) is 5.92 Å². The Balaban J connectivity index is 1.75. The number of fused-ring (bicyclic) bond motifs is 1. The van der Waals surface area contributed by atoms with Crippen LogP contribution in [0.3, 0.4) is 0 Å². The molecule has 1 saturated carbocycles. The van der Waals surface area contributed by atoms with Crippen molar-refractivity contribution < 1.29 is 14.3 Å². The minimum absolute atomic E-state index is 0.161. The summed E-state index contributed by atoms with van der Waals surface area (Å²) in [4.78, 5) is 15.4. The summed E-state index contributed by atoms with van der Waals surface area (Å²) in [6.07, 6.45) is 6.28. The summed E-state index contributed by atoms with van der Waals surface area (Å²) in [6.45, 7) is 0.700. The van der Waals surface area contributed by atoms with E-state index in [0.29, 0.717) is 29.7 Å². The summed E-state index contributed by atoms with van der Waals surface area (Å²) in [6, 6.07) is 11.7. The van der Waals surface area contributed by atoms with Crippen LogP contribution in [0.15, 0.2) is 36.4 Å². The first-order valence-corrected chi connectivity index (χ1v) is 10.8. The van der Waals surface area contributed by atoms with E-state index in [0.717, 1.165) is 23.3 Å². The second-order valence-electron chi connectivity index (χ2n) is 8.06. The summed E-state index contributed by atoms with van der Waals surface area (Å²) in [5.74, 6) is 2.17. The lowest BCUT2D eigenvalue weighted by Crippen LogP contribution is -2.41. The molecule has 0 bridgehead atoms. The van der Waals surface area contributed by atoms with E-state index >= 15 is 0 Å². The maximum absolute atomic E-state index is 13.3. The molecular weight excluding hydrogens is 386 g/mol. The van der Waals surface area contributed by atoms with Crippen LogP contribution >= 0.6 is 11.6 Å². The van der Waals surface area contributed by atoms with Gasteiger partial charge in [0.25, 0.3) is 0 Å². The van der Waals surface area contributed by atoms with Gasteiger partial charge >= 0.3 is 0 Å². The first-order chi connectivity index (χ1) is 14.1. The zero-order chi connectivity index (χ0) is 20.4. The molecule has 1 aliphatic carbocycles. The molecule has 0 N–H and O–H groups in total. The summed E-state index contributed by atoms with van der Waals surface area (Å²) < 4.78 is 11.1. The molecular formula is C24H28ClNO3. The molecule has 1 fully saturated rings. The summed E-state index contributed by atoms with van der Waals surface area (Å²) in [7, 11) is 3.30. The van der Waals surface area contributed by atoms with Crippen molar-refractivity contribution >= 4 is 17.5 Å². The van der Waals surface area contributed by atoms with Crippen LogP contribution < -0.4 is 9.47 Å². The minimum atomic E-state index is -0.161. The van der Waals surface area contributed by atoms with Crippen molar-refractivity contribution in [1.29, 1.82) is 0 Å². The van der Waals surface area contributed by atoms with E-state index < -0.39 is 0 Å². The van der Waals surface area contributed by atoms with Crippen molar-refractivity contribution in [3.63, 3.8) is 0 Å². The first-order valence-electron chi connectivity index (χ1n) is 10.4. The minimum Gasteiger partial charge on any atom is -0.493 e. The molecule has 5 heteroatoms. The van der Waals surface area contributed by atoms with Crippen LogP contribution in [-0.2, 0) is 11.2 Å². The number of carbonyl (C=O) groups is 1. The Labute approximate surface area is 177 Å². The van der Waals surface area contributed by atoms with Gasteiger partial charge in [-0.2, -0.15) is 0 Å². The van der Waals surface area contributed by atoms with Gasteiger partial charge < -0.3 is 14.4 Å². The molecule has 1 atom stereocenters. The van der Waals surface area contributed by atoms with Gasteiger partial charge in [-0.1, -0.05) is 36.6 Å². The summed E-state index contributed by atoms with van der Waals surface area (Å²) in [5.41, 5.74) is 3.32. The number of benzene rings is 2. The lowest BCUT2D eigenvalue weighted by Gasteiger charge is -2.38. The van der Waals surface area contributed by atoms with Gasteiger partial charge in [0.2, 0.25) is 5.91 Å². The normalized spacial score (nSPS) is 19.1. The fourth-order valence-electron chi connectivity index (χ4n) is 4.83. The van der Waals surface area contributed by atoms with E-state index in [4.69, 9.17) is 21.1 Å². The number of hydrogen-bond donors (Lipinski definition) is 0. The summed E-state index contributed by atoms with van der Waals surface area (Å²) >= 11 is 6.31. The molecule has 1 heterocycles. The van der Waals surface area contributed by atoms with Gasteiger partial charge in [0, 0.05) is 18.0 Å². The number of rotatable bonds is 5. The lowest BCUT2D eigenvalue weighted by molar-refractivity contribution is -0.134. The largest absolute Gasteiger partial charge is 0.493 e. The molecule has 4 nitrogen and oxygen atoms in total. The third-order valence-corrected chi connectivity index (χ3v) is 6.53. The van der Waals surface area contributed by atoms with Crippen LogP contribution in [0.5, 0.6) is 11.5 Å². The second kappa shape index (κ2) is 8.66. The molecule has 0 radical (unpaired) electrons. The molecule has 29 heavy (non-hydrogen) atoms. The highest BCUT2D eigenvalue weighted by Crippen LogP contribution is 2.42. The molecule has 154 valence electrons. The Morgan fingerprint density at radius 2 is 1.83 bits per heavy atom. The predicted molar refractivity (Wildman–Crippen MR) is 115 cm³/mol. The van der Waals surface area contributed by atoms with E-state index in [1.807, 2.05) is 35.2 Å². The Hall–Kier alpha value is -2.20. The molecule has 1 aliphatic heterocycles. The number of ether oxygens (including phenoxy) is 2. The number of carbonyl (C=O) groups excluding carboxylic acids is 1. The molecule has 0 saturated heterocycles. The zero-order valence-electron chi connectivity index (χ0n) is 17.1. The number of nitrogens with zero attached hydrogens (tertiary/aromatic N) is 1. The van der Waals surface area contributed by atoms with E-state index in [2.05, 4.69) is 6.07 Å². The van der Waals surface area contributed by atoms with Gasteiger partial charge in [0.1, 0.15) is 0 Å². The van der Waals surface area contributed by atoms with Crippen LogP contribution in [0.2, 0.25) is 5.02 Å². The van der Waals surface area contributed by atoms with E-state index in [9.17, 15) is 4.79 Å². The number of methoxy groups -OCH3 is 2. The van der Waals surface area contributed by atoms with Crippen molar-refractivity contribution in [2.75, 3.05) is 20.8 Å².